The van der Waals surface area contributed by atoms with Gasteiger partial charge in [0.25, 0.3) is 10.1 Å². The van der Waals surface area contributed by atoms with E-state index in [4.69, 9.17) is 15.0 Å². The molecule has 146 valence electrons. The van der Waals surface area contributed by atoms with Crippen LogP contribution in [0.25, 0.3) is 0 Å². The topological polar surface area (TPSA) is 110 Å². The predicted molar refractivity (Wildman–Crippen MR) is 98.4 cm³/mol. The summed E-state index contributed by atoms with van der Waals surface area (Å²) in [5, 5.41) is 0. The lowest BCUT2D eigenvalue weighted by molar-refractivity contribution is 0.00928. The van der Waals surface area contributed by atoms with Crippen LogP contribution in [0.1, 0.15) is 39.2 Å². The lowest BCUT2D eigenvalue weighted by atomic mass is 9.76. The van der Waals surface area contributed by atoms with E-state index in [1.807, 2.05) is 32.6 Å². The highest BCUT2D eigenvalue weighted by atomic mass is 32.2. The Morgan fingerprint density at radius 2 is 1.85 bits per heavy atom. The van der Waals surface area contributed by atoms with Gasteiger partial charge in [-0.1, -0.05) is 17.7 Å². The number of rotatable bonds is 1. The molecule has 1 aliphatic carbocycles. The van der Waals surface area contributed by atoms with Crippen LogP contribution in [0.3, 0.4) is 0 Å². The van der Waals surface area contributed by atoms with E-state index >= 15 is 0 Å². The zero-order valence-corrected chi connectivity index (χ0v) is 16.5. The van der Waals surface area contributed by atoms with E-state index in [9.17, 15) is 13.2 Å². The first-order valence-corrected chi connectivity index (χ1v) is 10.1. The highest BCUT2D eigenvalue weighted by Gasteiger charge is 2.49. The van der Waals surface area contributed by atoms with E-state index < -0.39 is 15.7 Å². The largest absolute Gasteiger partial charge is 0.444 e. The Morgan fingerprint density at radius 3 is 2.31 bits per heavy atom. The van der Waals surface area contributed by atoms with Crippen molar-refractivity contribution < 1.29 is 22.5 Å². The Bertz CT molecular complexity index is 740. The molecule has 1 amide bonds. The molecule has 0 bridgehead atoms. The van der Waals surface area contributed by atoms with Gasteiger partial charge in [0.05, 0.1) is 10.9 Å². The molecule has 26 heavy (non-hydrogen) atoms. The van der Waals surface area contributed by atoms with Gasteiger partial charge in [-0.3, -0.25) is 4.55 Å². The molecule has 0 radical (unpaired) electrons. The Morgan fingerprint density at radius 1 is 1.27 bits per heavy atom. The van der Waals surface area contributed by atoms with Gasteiger partial charge in [-0.2, -0.15) is 8.42 Å². The third-order valence-corrected chi connectivity index (χ3v) is 5.41. The number of amides is 1. The van der Waals surface area contributed by atoms with Crippen LogP contribution in [-0.4, -0.2) is 48.2 Å². The van der Waals surface area contributed by atoms with Gasteiger partial charge < -0.3 is 15.4 Å². The van der Waals surface area contributed by atoms with Crippen molar-refractivity contribution in [3.8, 4) is 0 Å². The number of carbonyl (C=O) groups excluding carboxylic acids is 1. The van der Waals surface area contributed by atoms with Crippen molar-refractivity contribution in [1.82, 2.24) is 4.90 Å². The minimum atomic E-state index is -4.02. The second-order valence-corrected chi connectivity index (χ2v) is 9.32. The van der Waals surface area contributed by atoms with Gasteiger partial charge in [0.1, 0.15) is 5.60 Å². The average molecular weight is 384 g/mol. The van der Waals surface area contributed by atoms with E-state index in [0.29, 0.717) is 5.92 Å². The number of nitrogens with two attached hydrogens (primary N) is 1. The third kappa shape index (κ3) is 5.18. The number of carbonyl (C=O) groups is 1. The SMILES string of the molecule is CC(C)(C)OC(=O)N1CC[C@H]2C[C@H](N)[C@H]21.Cc1ccc(S(=O)(=O)O)cc1. The van der Waals surface area contributed by atoms with Crippen LogP contribution in [0.4, 0.5) is 4.79 Å². The summed E-state index contributed by atoms with van der Waals surface area (Å²) in [6.07, 6.45) is 1.94. The summed E-state index contributed by atoms with van der Waals surface area (Å²) in [4.78, 5) is 13.6. The molecule has 8 heteroatoms. The number of ether oxygens (including phenoxy) is 1. The normalized spacial score (nSPS) is 24.8. The quantitative estimate of drug-likeness (QED) is 0.720. The van der Waals surface area contributed by atoms with Crippen molar-refractivity contribution in [1.29, 1.82) is 0 Å². The minimum absolute atomic E-state index is 0.0666. The Balaban J connectivity index is 0.000000197. The van der Waals surface area contributed by atoms with E-state index in [2.05, 4.69) is 0 Å². The molecule has 3 N–H and O–H groups in total. The first kappa shape index (κ1) is 20.7. The fourth-order valence-corrected chi connectivity index (χ4v) is 3.73. The predicted octanol–water partition coefficient (Wildman–Crippen LogP) is 2.58. The number of nitrogens with zero attached hydrogens (tertiary/aromatic N) is 1. The monoisotopic (exact) mass is 384 g/mol. The summed E-state index contributed by atoms with van der Waals surface area (Å²) in [6, 6.07) is 6.38. The van der Waals surface area contributed by atoms with Crippen LogP contribution in [0, 0.1) is 12.8 Å². The van der Waals surface area contributed by atoms with E-state index in [-0.39, 0.29) is 23.1 Å². The molecule has 0 aromatic heterocycles. The fourth-order valence-electron chi connectivity index (χ4n) is 3.25. The first-order chi connectivity index (χ1) is 11.9. The number of benzene rings is 1. The number of aryl methyl sites for hydroxylation is 1. The molecule has 7 nitrogen and oxygen atoms in total. The summed E-state index contributed by atoms with van der Waals surface area (Å²) in [5.74, 6) is 0.618. The molecule has 1 aromatic rings. The minimum Gasteiger partial charge on any atom is -0.444 e. The van der Waals surface area contributed by atoms with Crippen LogP contribution >= 0.6 is 0 Å². The molecule has 3 atom stereocenters. The van der Waals surface area contributed by atoms with Crippen molar-refractivity contribution in [3.63, 3.8) is 0 Å². The second-order valence-electron chi connectivity index (χ2n) is 7.90. The zero-order valence-electron chi connectivity index (χ0n) is 15.7. The van der Waals surface area contributed by atoms with Crippen molar-refractivity contribution in [2.75, 3.05) is 6.54 Å². The maximum absolute atomic E-state index is 11.8. The Kier molecular flexibility index (Phi) is 5.99. The van der Waals surface area contributed by atoms with Gasteiger partial charge in [0.2, 0.25) is 0 Å². The van der Waals surface area contributed by atoms with Crippen molar-refractivity contribution in [3.05, 3.63) is 29.8 Å². The molecule has 2 aliphatic rings. The maximum atomic E-state index is 11.8. The van der Waals surface area contributed by atoms with Crippen LogP contribution < -0.4 is 5.73 Å². The standard InChI is InChI=1S/C11H20N2O2.C7H8O3S/c1-11(2,3)15-10(14)13-5-4-7-6-8(12)9(7)13;1-6-2-4-7(5-3-6)11(8,9)10/h7-9H,4-6,12H2,1-3H3;2-5H,1H3,(H,8,9,10)/t7-,8-,9-;/m0./s1. The van der Waals surface area contributed by atoms with Crippen LogP contribution in [-0.2, 0) is 14.9 Å². The van der Waals surface area contributed by atoms with Crippen LogP contribution in [0.15, 0.2) is 29.2 Å². The summed E-state index contributed by atoms with van der Waals surface area (Å²) in [6.45, 7) is 8.31. The first-order valence-electron chi connectivity index (χ1n) is 8.68. The third-order valence-electron chi connectivity index (χ3n) is 4.54. The van der Waals surface area contributed by atoms with E-state index in [1.165, 1.54) is 12.1 Å². The summed E-state index contributed by atoms with van der Waals surface area (Å²) in [5.41, 5.74) is 6.45. The molecule has 2 fully saturated rings. The van der Waals surface area contributed by atoms with Gasteiger partial charge in [-0.05, 0) is 58.6 Å². The van der Waals surface area contributed by atoms with Crippen LogP contribution in [0.5, 0.6) is 0 Å². The molecular weight excluding hydrogens is 356 g/mol. The molecule has 1 saturated carbocycles. The lowest BCUT2D eigenvalue weighted by Gasteiger charge is -2.42. The van der Waals surface area contributed by atoms with Crippen molar-refractivity contribution >= 4 is 16.2 Å². The summed E-state index contributed by atoms with van der Waals surface area (Å²) in [7, 11) is -4.02. The zero-order chi connectivity index (χ0) is 19.7. The highest BCUT2D eigenvalue weighted by molar-refractivity contribution is 7.85. The Labute approximate surface area is 155 Å². The number of hydrogen-bond donors (Lipinski definition) is 2. The van der Waals surface area contributed by atoms with E-state index in [1.54, 1.807) is 12.1 Å². The molecule has 1 aromatic carbocycles. The molecule has 0 spiro atoms. The smallest absolute Gasteiger partial charge is 0.410 e. The van der Waals surface area contributed by atoms with Crippen molar-refractivity contribution in [2.45, 2.75) is 63.1 Å². The second kappa shape index (κ2) is 7.54. The Hall–Kier alpha value is -1.64. The number of likely N-dealkylation sites (tertiary alicyclic amines) is 1. The van der Waals surface area contributed by atoms with Gasteiger partial charge >= 0.3 is 6.09 Å². The molecular formula is C18H28N2O5S. The van der Waals surface area contributed by atoms with Gasteiger partial charge in [0.15, 0.2) is 0 Å². The maximum Gasteiger partial charge on any atom is 0.410 e. The van der Waals surface area contributed by atoms with Gasteiger partial charge in [-0.15, -0.1) is 0 Å². The average Bonchev–Trinajstić information content (AvgIpc) is 2.83. The summed E-state index contributed by atoms with van der Waals surface area (Å²) >= 11 is 0. The lowest BCUT2D eigenvalue weighted by Crippen LogP contribution is -2.58. The molecule has 1 aliphatic heterocycles. The number of fused-ring (bicyclic) bond motifs is 1. The van der Waals surface area contributed by atoms with Gasteiger partial charge in [-0.25, -0.2) is 4.79 Å². The summed E-state index contributed by atoms with van der Waals surface area (Å²) < 4.78 is 34.9. The van der Waals surface area contributed by atoms with Crippen molar-refractivity contribution in [2.24, 2.45) is 11.7 Å². The van der Waals surface area contributed by atoms with Crippen LogP contribution in [0.2, 0.25) is 0 Å². The molecule has 0 unspecified atom stereocenters. The number of hydrogen-bond acceptors (Lipinski definition) is 5. The molecule has 1 heterocycles. The fraction of sp³-hybridized carbons (Fsp3) is 0.611. The highest BCUT2D eigenvalue weighted by Crippen LogP contribution is 2.40. The molecule has 1 saturated heterocycles. The van der Waals surface area contributed by atoms with Gasteiger partial charge in [0, 0.05) is 12.6 Å². The van der Waals surface area contributed by atoms with E-state index in [0.717, 1.165) is 24.9 Å². The molecule has 3 rings (SSSR count).